The van der Waals surface area contributed by atoms with Crippen LogP contribution >= 0.6 is 11.8 Å². The molecule has 1 amide bonds. The van der Waals surface area contributed by atoms with E-state index in [1.54, 1.807) is 60.7 Å². The number of carbonyl (C=O) groups excluding carboxylic acids is 1. The number of nitrogens with zero attached hydrogens (tertiary/aromatic N) is 1. The van der Waals surface area contributed by atoms with Gasteiger partial charge < -0.3 is 5.32 Å². The van der Waals surface area contributed by atoms with Gasteiger partial charge in [0.25, 0.3) is 15.9 Å². The lowest BCUT2D eigenvalue weighted by molar-refractivity contribution is 0.0940. The van der Waals surface area contributed by atoms with Gasteiger partial charge in [-0.15, -0.1) is 11.8 Å². The quantitative estimate of drug-likeness (QED) is 0.514. The number of anilines is 1. The van der Waals surface area contributed by atoms with Crippen molar-refractivity contribution in [1.29, 1.82) is 0 Å². The van der Waals surface area contributed by atoms with Gasteiger partial charge in [-0.25, -0.2) is 12.8 Å². The molecular formula is C23H23FN2O3S2. The van der Waals surface area contributed by atoms with E-state index in [-0.39, 0.29) is 22.7 Å². The number of hydrogen-bond donors (Lipinski definition) is 1. The van der Waals surface area contributed by atoms with Crippen LogP contribution < -0.4 is 9.62 Å². The molecule has 3 rings (SSSR count). The Morgan fingerprint density at radius 2 is 1.55 bits per heavy atom. The Hall–Kier alpha value is -2.84. The summed E-state index contributed by atoms with van der Waals surface area (Å²) in [4.78, 5) is 13.7. The number of halogens is 1. The summed E-state index contributed by atoms with van der Waals surface area (Å²) in [5.74, 6) is -0.640. The zero-order chi connectivity index (χ0) is 22.6. The predicted octanol–water partition coefficient (Wildman–Crippen LogP) is 4.86. The van der Waals surface area contributed by atoms with E-state index in [9.17, 15) is 17.6 Å². The maximum absolute atomic E-state index is 13.1. The summed E-state index contributed by atoms with van der Waals surface area (Å²) in [5.41, 5.74) is 1.62. The highest BCUT2D eigenvalue weighted by Crippen LogP contribution is 2.24. The number of sulfonamides is 1. The average Bonchev–Trinajstić information content (AvgIpc) is 2.79. The largest absolute Gasteiger partial charge is 0.346 e. The fourth-order valence-electron chi connectivity index (χ4n) is 2.98. The number of thioether (sulfide) groups is 1. The van der Waals surface area contributed by atoms with Crippen LogP contribution in [0.4, 0.5) is 10.1 Å². The first-order valence-corrected chi connectivity index (χ1v) is 12.2. The summed E-state index contributed by atoms with van der Waals surface area (Å²) < 4.78 is 40.0. The topological polar surface area (TPSA) is 66.5 Å². The van der Waals surface area contributed by atoms with Crippen LogP contribution in [-0.2, 0) is 10.0 Å². The molecule has 0 heterocycles. The van der Waals surface area contributed by atoms with E-state index >= 15 is 0 Å². The van der Waals surface area contributed by atoms with Crippen molar-refractivity contribution in [3.8, 4) is 0 Å². The summed E-state index contributed by atoms with van der Waals surface area (Å²) >= 11 is 1.54. The van der Waals surface area contributed by atoms with Gasteiger partial charge in [-0.05, 0) is 79.4 Å². The Morgan fingerprint density at radius 1 is 0.968 bits per heavy atom. The van der Waals surface area contributed by atoms with Crippen LogP contribution in [-0.4, -0.2) is 27.6 Å². The SMILES string of the molecule is CSc1ccc(S(=O)(=O)N(C)c2ccc(C(=O)N[C@H](C)c3ccc(F)cc3)cc2)cc1. The summed E-state index contributed by atoms with van der Waals surface area (Å²) in [7, 11) is -2.24. The van der Waals surface area contributed by atoms with Gasteiger partial charge in [0.1, 0.15) is 5.82 Å². The molecule has 5 nitrogen and oxygen atoms in total. The van der Waals surface area contributed by atoms with Crippen LogP contribution in [0.25, 0.3) is 0 Å². The molecule has 0 spiro atoms. The highest BCUT2D eigenvalue weighted by molar-refractivity contribution is 7.98. The molecule has 31 heavy (non-hydrogen) atoms. The number of benzene rings is 3. The van der Waals surface area contributed by atoms with Crippen molar-refractivity contribution >= 4 is 33.4 Å². The lowest BCUT2D eigenvalue weighted by atomic mass is 10.1. The first kappa shape index (κ1) is 22.8. The monoisotopic (exact) mass is 458 g/mol. The van der Waals surface area contributed by atoms with Crippen LogP contribution in [0.1, 0.15) is 28.9 Å². The van der Waals surface area contributed by atoms with Crippen molar-refractivity contribution in [2.45, 2.75) is 22.8 Å². The minimum Gasteiger partial charge on any atom is -0.346 e. The highest BCUT2D eigenvalue weighted by atomic mass is 32.2. The molecule has 8 heteroatoms. The number of nitrogens with one attached hydrogen (secondary N) is 1. The van der Waals surface area contributed by atoms with Crippen molar-refractivity contribution in [2.24, 2.45) is 0 Å². The van der Waals surface area contributed by atoms with Gasteiger partial charge in [-0.3, -0.25) is 9.10 Å². The lowest BCUT2D eigenvalue weighted by Crippen LogP contribution is -2.28. The first-order valence-electron chi connectivity index (χ1n) is 9.52. The molecule has 0 saturated heterocycles. The smallest absolute Gasteiger partial charge is 0.264 e. The molecule has 3 aromatic carbocycles. The van der Waals surface area contributed by atoms with Gasteiger partial charge in [0.2, 0.25) is 0 Å². The van der Waals surface area contributed by atoms with Crippen molar-refractivity contribution in [3.63, 3.8) is 0 Å². The minimum absolute atomic E-state index is 0.197. The van der Waals surface area contributed by atoms with Gasteiger partial charge in [0.15, 0.2) is 0 Å². The number of amides is 1. The second-order valence-corrected chi connectivity index (χ2v) is 9.79. The summed E-state index contributed by atoms with van der Waals surface area (Å²) in [5, 5.41) is 2.85. The fraction of sp³-hybridized carbons (Fsp3) is 0.174. The third kappa shape index (κ3) is 5.26. The molecule has 0 aromatic heterocycles. The summed E-state index contributed by atoms with van der Waals surface area (Å²) in [6.07, 6.45) is 1.92. The molecular weight excluding hydrogens is 435 g/mol. The molecule has 0 fully saturated rings. The Kier molecular flexibility index (Phi) is 7.02. The van der Waals surface area contributed by atoms with E-state index in [0.717, 1.165) is 10.5 Å². The second-order valence-electron chi connectivity index (χ2n) is 6.94. The van der Waals surface area contributed by atoms with Crippen LogP contribution in [0.5, 0.6) is 0 Å². The highest BCUT2D eigenvalue weighted by Gasteiger charge is 2.21. The number of carbonyl (C=O) groups is 1. The van der Waals surface area contributed by atoms with Crippen molar-refractivity contribution < 1.29 is 17.6 Å². The molecule has 0 aliphatic carbocycles. The van der Waals surface area contributed by atoms with Crippen molar-refractivity contribution in [2.75, 3.05) is 17.6 Å². The van der Waals surface area contributed by atoms with E-state index in [2.05, 4.69) is 5.32 Å². The van der Waals surface area contributed by atoms with Crippen LogP contribution in [0.15, 0.2) is 82.6 Å². The van der Waals surface area contributed by atoms with Crippen LogP contribution in [0.3, 0.4) is 0 Å². The molecule has 0 bridgehead atoms. The fourth-order valence-corrected chi connectivity index (χ4v) is 4.59. The van der Waals surface area contributed by atoms with Gasteiger partial charge in [-0.2, -0.15) is 0 Å². The third-order valence-corrected chi connectivity index (χ3v) is 7.47. The molecule has 0 aliphatic heterocycles. The minimum atomic E-state index is -3.72. The first-order chi connectivity index (χ1) is 14.7. The number of hydrogen-bond acceptors (Lipinski definition) is 4. The Labute approximate surface area is 186 Å². The molecule has 1 N–H and O–H groups in total. The standard InChI is InChI=1S/C23H23FN2O3S2/c1-16(17-4-8-19(24)9-5-17)25-23(27)18-6-10-20(11-7-18)26(2)31(28,29)22-14-12-21(30-3)13-15-22/h4-16H,1-3H3,(H,25,27)/t16-/m1/s1. The lowest BCUT2D eigenvalue weighted by Gasteiger charge is -2.20. The Bertz CT molecular complexity index is 1150. The van der Waals surface area contributed by atoms with Gasteiger partial charge in [0.05, 0.1) is 16.6 Å². The normalized spacial score (nSPS) is 12.3. The predicted molar refractivity (Wildman–Crippen MR) is 123 cm³/mol. The van der Waals surface area contributed by atoms with E-state index < -0.39 is 10.0 Å². The zero-order valence-electron chi connectivity index (χ0n) is 17.4. The van der Waals surface area contributed by atoms with E-state index in [4.69, 9.17) is 0 Å². The summed E-state index contributed by atoms with van der Waals surface area (Å²) in [6, 6.07) is 18.6. The average molecular weight is 459 g/mol. The molecule has 0 aliphatic rings. The summed E-state index contributed by atoms with van der Waals surface area (Å²) in [6.45, 7) is 1.81. The van der Waals surface area contributed by atoms with Crippen LogP contribution in [0.2, 0.25) is 0 Å². The van der Waals surface area contributed by atoms with Crippen molar-refractivity contribution in [3.05, 3.63) is 89.7 Å². The maximum atomic E-state index is 13.1. The molecule has 0 saturated carbocycles. The van der Waals surface area contributed by atoms with E-state index in [0.29, 0.717) is 11.3 Å². The van der Waals surface area contributed by atoms with Gasteiger partial charge in [-0.1, -0.05) is 12.1 Å². The Balaban J connectivity index is 1.72. The van der Waals surface area contributed by atoms with Crippen molar-refractivity contribution in [1.82, 2.24) is 5.32 Å². The molecule has 0 unspecified atom stereocenters. The molecule has 3 aromatic rings. The van der Waals surface area contributed by atoms with E-state index in [1.165, 1.54) is 35.2 Å². The second kappa shape index (κ2) is 9.53. The molecule has 1 atom stereocenters. The maximum Gasteiger partial charge on any atom is 0.264 e. The third-order valence-electron chi connectivity index (χ3n) is 4.93. The van der Waals surface area contributed by atoms with Gasteiger partial charge in [0, 0.05) is 17.5 Å². The van der Waals surface area contributed by atoms with Gasteiger partial charge >= 0.3 is 0 Å². The number of rotatable bonds is 7. The molecule has 0 radical (unpaired) electrons. The van der Waals surface area contributed by atoms with E-state index in [1.807, 2.05) is 13.2 Å². The molecule has 162 valence electrons. The zero-order valence-corrected chi connectivity index (χ0v) is 19.0. The Morgan fingerprint density at radius 3 is 2.10 bits per heavy atom. The van der Waals surface area contributed by atoms with Crippen LogP contribution in [0, 0.1) is 5.82 Å².